The van der Waals surface area contributed by atoms with Gasteiger partial charge < -0.3 is 9.84 Å². The van der Waals surface area contributed by atoms with Crippen LogP contribution in [0, 0.1) is 17.8 Å². The lowest BCUT2D eigenvalue weighted by atomic mass is 9.88. The summed E-state index contributed by atoms with van der Waals surface area (Å²) in [6.07, 6.45) is 4.93. The molecule has 1 aliphatic heterocycles. The van der Waals surface area contributed by atoms with Crippen molar-refractivity contribution in [1.29, 1.82) is 0 Å². The highest BCUT2D eigenvalue weighted by Gasteiger charge is 2.58. The summed E-state index contributed by atoms with van der Waals surface area (Å²) in [5.74, 6) is 1.77. The Balaban J connectivity index is 1.68. The highest BCUT2D eigenvalue weighted by molar-refractivity contribution is 5.88. The lowest BCUT2D eigenvalue weighted by molar-refractivity contribution is -0.136. The molecule has 0 amide bonds. The van der Waals surface area contributed by atoms with Gasteiger partial charge in [0.25, 0.3) is 0 Å². The van der Waals surface area contributed by atoms with Gasteiger partial charge in [-0.1, -0.05) is 13.0 Å². The first-order valence-corrected chi connectivity index (χ1v) is 7.35. The highest BCUT2D eigenvalue weighted by Crippen LogP contribution is 2.54. The van der Waals surface area contributed by atoms with Gasteiger partial charge in [0.1, 0.15) is 0 Å². The van der Waals surface area contributed by atoms with E-state index >= 15 is 0 Å². The second kappa shape index (κ2) is 4.91. The third kappa shape index (κ3) is 2.01. The normalized spacial score (nSPS) is 41.0. The van der Waals surface area contributed by atoms with Crippen molar-refractivity contribution in [2.24, 2.45) is 17.8 Å². The molecular weight excluding hydrogens is 242 g/mol. The van der Waals surface area contributed by atoms with Gasteiger partial charge in [-0.2, -0.15) is 0 Å². The van der Waals surface area contributed by atoms with Crippen LogP contribution in [0.25, 0.3) is 0 Å². The van der Waals surface area contributed by atoms with Crippen LogP contribution in [-0.2, 0) is 9.53 Å². The van der Waals surface area contributed by atoms with Gasteiger partial charge in [-0.05, 0) is 37.0 Å². The molecule has 1 heterocycles. The Morgan fingerprint density at radius 3 is 2.84 bits per heavy atom. The van der Waals surface area contributed by atoms with E-state index in [0.717, 1.165) is 24.6 Å². The molecule has 106 valence electrons. The summed E-state index contributed by atoms with van der Waals surface area (Å²) in [6, 6.07) is 0.329. The van der Waals surface area contributed by atoms with Crippen LogP contribution in [0.5, 0.6) is 0 Å². The van der Waals surface area contributed by atoms with Gasteiger partial charge in [-0.15, -0.1) is 0 Å². The van der Waals surface area contributed by atoms with Crippen molar-refractivity contribution in [1.82, 2.24) is 4.90 Å². The third-order valence-electron chi connectivity index (χ3n) is 5.35. The molecule has 0 spiro atoms. The number of likely N-dealkylation sites (tertiary alicyclic amines) is 1. The van der Waals surface area contributed by atoms with E-state index in [1.165, 1.54) is 20.0 Å². The van der Waals surface area contributed by atoms with Gasteiger partial charge in [-0.3, -0.25) is 4.90 Å². The predicted octanol–water partition coefficient (Wildman–Crippen LogP) is 1.20. The first-order chi connectivity index (χ1) is 9.15. The maximum atomic E-state index is 11.6. The van der Waals surface area contributed by atoms with E-state index in [0.29, 0.717) is 24.3 Å². The minimum Gasteiger partial charge on any atom is -0.466 e. The molecule has 4 heteroatoms. The van der Waals surface area contributed by atoms with Crippen LogP contribution >= 0.6 is 0 Å². The van der Waals surface area contributed by atoms with Crippen molar-refractivity contribution < 1.29 is 14.6 Å². The van der Waals surface area contributed by atoms with Crippen molar-refractivity contribution >= 4 is 5.97 Å². The molecule has 0 radical (unpaired) electrons. The van der Waals surface area contributed by atoms with E-state index in [-0.39, 0.29) is 12.1 Å². The maximum Gasteiger partial charge on any atom is 0.333 e. The quantitative estimate of drug-likeness (QED) is 0.613. The minimum atomic E-state index is -0.227. The molecular formula is C15H23NO3. The smallest absolute Gasteiger partial charge is 0.333 e. The molecule has 0 aromatic rings. The average Bonchev–Trinajstić information content (AvgIpc) is 3.01. The number of aliphatic hydroxyl groups is 1. The van der Waals surface area contributed by atoms with Gasteiger partial charge in [-0.25, -0.2) is 4.79 Å². The number of ether oxygens (including phenoxy) is 1. The predicted molar refractivity (Wildman–Crippen MR) is 71.5 cm³/mol. The van der Waals surface area contributed by atoms with Crippen LogP contribution in [0.3, 0.4) is 0 Å². The molecule has 4 nitrogen and oxygen atoms in total. The van der Waals surface area contributed by atoms with Crippen molar-refractivity contribution in [3.63, 3.8) is 0 Å². The minimum absolute atomic E-state index is 0.152. The number of carbonyl (C=O) groups excluding carboxylic acids is 1. The Morgan fingerprint density at radius 2 is 2.21 bits per heavy atom. The van der Waals surface area contributed by atoms with Gasteiger partial charge in [0, 0.05) is 24.7 Å². The fourth-order valence-electron chi connectivity index (χ4n) is 4.48. The largest absolute Gasteiger partial charge is 0.466 e. The van der Waals surface area contributed by atoms with Crippen molar-refractivity contribution in [3.8, 4) is 0 Å². The standard InChI is InChI=1S/C15H23NO3/c1-3-9(15(18)19-2)4-5-16-8-11-6-10-7-12(11)13(16)14(10)17/h4,10-14,17H,3,5-8H2,1-2H3. The van der Waals surface area contributed by atoms with Gasteiger partial charge in [0.05, 0.1) is 13.2 Å². The number of fused-ring (bicyclic) bond motifs is 1. The molecule has 5 atom stereocenters. The maximum absolute atomic E-state index is 11.6. The third-order valence-corrected chi connectivity index (χ3v) is 5.35. The average molecular weight is 265 g/mol. The molecule has 2 saturated carbocycles. The summed E-state index contributed by atoms with van der Waals surface area (Å²) in [5.41, 5.74) is 0.741. The Hall–Kier alpha value is -0.870. The summed E-state index contributed by atoms with van der Waals surface area (Å²) in [5, 5.41) is 10.3. The molecule has 19 heavy (non-hydrogen) atoms. The van der Waals surface area contributed by atoms with Gasteiger partial charge in [0.2, 0.25) is 0 Å². The second-order valence-electron chi connectivity index (χ2n) is 6.17. The zero-order chi connectivity index (χ0) is 13.6. The van der Waals surface area contributed by atoms with E-state index in [9.17, 15) is 9.90 Å². The summed E-state index contributed by atoms with van der Waals surface area (Å²) in [4.78, 5) is 13.9. The van der Waals surface area contributed by atoms with Crippen LogP contribution in [0.15, 0.2) is 11.6 Å². The molecule has 1 saturated heterocycles. The van der Waals surface area contributed by atoms with Crippen LogP contribution < -0.4 is 0 Å². The number of methoxy groups -OCH3 is 1. The molecule has 3 aliphatic rings. The number of hydrogen-bond acceptors (Lipinski definition) is 4. The van der Waals surface area contributed by atoms with E-state index in [1.54, 1.807) is 0 Å². The fourth-order valence-corrected chi connectivity index (χ4v) is 4.48. The highest BCUT2D eigenvalue weighted by atomic mass is 16.5. The van der Waals surface area contributed by atoms with E-state index < -0.39 is 0 Å². The topological polar surface area (TPSA) is 49.8 Å². The first-order valence-electron chi connectivity index (χ1n) is 7.35. The SMILES string of the molecule is CCC(=CCN1CC2CC3CC2C1C3O)C(=O)OC. The summed E-state index contributed by atoms with van der Waals surface area (Å²) in [6.45, 7) is 3.81. The van der Waals surface area contributed by atoms with Crippen molar-refractivity contribution in [2.45, 2.75) is 38.3 Å². The molecule has 3 fully saturated rings. The van der Waals surface area contributed by atoms with E-state index in [1.807, 2.05) is 13.0 Å². The summed E-state index contributed by atoms with van der Waals surface area (Å²) < 4.78 is 4.78. The Bertz CT molecular complexity index is 404. The molecule has 0 aromatic carbocycles. The van der Waals surface area contributed by atoms with Crippen LogP contribution in [-0.4, -0.2) is 48.3 Å². The number of nitrogens with zero attached hydrogens (tertiary/aromatic N) is 1. The second-order valence-corrected chi connectivity index (χ2v) is 6.17. The Morgan fingerprint density at radius 1 is 1.42 bits per heavy atom. The molecule has 1 N–H and O–H groups in total. The monoisotopic (exact) mass is 265 g/mol. The van der Waals surface area contributed by atoms with E-state index in [2.05, 4.69) is 4.90 Å². The lowest BCUT2D eigenvalue weighted by Crippen LogP contribution is -2.40. The van der Waals surface area contributed by atoms with E-state index in [4.69, 9.17) is 4.74 Å². The molecule has 3 rings (SSSR count). The fraction of sp³-hybridized carbons (Fsp3) is 0.800. The molecule has 2 bridgehead atoms. The first kappa shape index (κ1) is 13.1. The molecule has 5 unspecified atom stereocenters. The molecule has 0 aromatic heterocycles. The number of rotatable bonds is 4. The molecule has 2 aliphatic carbocycles. The number of hydrogen-bond donors (Lipinski definition) is 1. The van der Waals surface area contributed by atoms with Crippen LogP contribution in [0.2, 0.25) is 0 Å². The zero-order valence-electron chi connectivity index (χ0n) is 11.7. The van der Waals surface area contributed by atoms with Gasteiger partial charge >= 0.3 is 5.97 Å². The zero-order valence-corrected chi connectivity index (χ0v) is 11.7. The number of aliphatic hydroxyl groups excluding tert-OH is 1. The Labute approximate surface area is 114 Å². The number of esters is 1. The lowest BCUT2D eigenvalue weighted by Gasteiger charge is -2.28. The number of carbonyl (C=O) groups is 1. The summed E-state index contributed by atoms with van der Waals surface area (Å²) in [7, 11) is 1.42. The van der Waals surface area contributed by atoms with Crippen molar-refractivity contribution in [2.75, 3.05) is 20.2 Å². The summed E-state index contributed by atoms with van der Waals surface area (Å²) >= 11 is 0. The Kier molecular flexibility index (Phi) is 3.39. The van der Waals surface area contributed by atoms with Crippen LogP contribution in [0.4, 0.5) is 0 Å². The van der Waals surface area contributed by atoms with Crippen LogP contribution in [0.1, 0.15) is 26.2 Å². The van der Waals surface area contributed by atoms with Crippen molar-refractivity contribution in [3.05, 3.63) is 11.6 Å². The van der Waals surface area contributed by atoms with Gasteiger partial charge in [0.15, 0.2) is 0 Å².